The Morgan fingerprint density at radius 3 is 2.58 bits per heavy atom. The van der Waals surface area contributed by atoms with E-state index in [2.05, 4.69) is 10.1 Å². The summed E-state index contributed by atoms with van der Waals surface area (Å²) < 4.78 is 5.36. The average molecular weight is 250 g/mol. The van der Waals surface area contributed by atoms with E-state index in [-0.39, 0.29) is 0 Å². The summed E-state index contributed by atoms with van der Waals surface area (Å²) in [6.07, 6.45) is 0. The summed E-state index contributed by atoms with van der Waals surface area (Å²) in [5, 5.41) is 4.06. The zero-order valence-corrected chi connectivity index (χ0v) is 10.9. The zero-order chi connectivity index (χ0) is 13.2. The third-order valence-corrected chi connectivity index (χ3v) is 3.08. The van der Waals surface area contributed by atoms with E-state index in [1.54, 1.807) is 0 Å². The quantitative estimate of drug-likeness (QED) is 0.689. The highest BCUT2D eigenvalue weighted by atomic mass is 16.5. The van der Waals surface area contributed by atoms with E-state index < -0.39 is 0 Å². The molecule has 1 heterocycles. The Bertz CT molecular complexity index is 716. The third kappa shape index (κ3) is 2.27. The van der Waals surface area contributed by atoms with E-state index in [1.807, 2.05) is 62.4 Å². The van der Waals surface area contributed by atoms with Gasteiger partial charge in [0.15, 0.2) is 0 Å². The molecule has 0 amide bonds. The molecule has 3 heteroatoms. The highest BCUT2D eigenvalue weighted by molar-refractivity contribution is 5.62. The molecule has 3 nitrogen and oxygen atoms in total. The van der Waals surface area contributed by atoms with Crippen LogP contribution in [0.3, 0.4) is 0 Å². The van der Waals surface area contributed by atoms with E-state index >= 15 is 0 Å². The van der Waals surface area contributed by atoms with Crippen molar-refractivity contribution in [3.8, 4) is 22.8 Å². The fourth-order valence-corrected chi connectivity index (χ4v) is 2.05. The minimum Gasteiger partial charge on any atom is -0.334 e. The van der Waals surface area contributed by atoms with Gasteiger partial charge in [-0.2, -0.15) is 4.98 Å². The van der Waals surface area contributed by atoms with E-state index in [4.69, 9.17) is 4.52 Å². The van der Waals surface area contributed by atoms with Crippen molar-refractivity contribution in [1.82, 2.24) is 10.1 Å². The Hall–Kier alpha value is -2.42. The first kappa shape index (κ1) is 11.7. The number of aryl methyl sites for hydroxylation is 2. The number of rotatable bonds is 2. The molecule has 0 aliphatic carbocycles. The van der Waals surface area contributed by atoms with E-state index in [1.165, 1.54) is 5.56 Å². The molecule has 19 heavy (non-hydrogen) atoms. The second kappa shape index (κ2) is 4.69. The van der Waals surface area contributed by atoms with Gasteiger partial charge in [0, 0.05) is 11.1 Å². The first-order valence-electron chi connectivity index (χ1n) is 6.21. The van der Waals surface area contributed by atoms with Gasteiger partial charge >= 0.3 is 0 Å². The smallest absolute Gasteiger partial charge is 0.258 e. The number of hydrogen-bond acceptors (Lipinski definition) is 3. The van der Waals surface area contributed by atoms with Crippen LogP contribution in [0.2, 0.25) is 0 Å². The van der Waals surface area contributed by atoms with Gasteiger partial charge in [-0.3, -0.25) is 0 Å². The molecule has 0 saturated carbocycles. The second-order valence-corrected chi connectivity index (χ2v) is 4.61. The van der Waals surface area contributed by atoms with E-state index in [0.29, 0.717) is 11.7 Å². The predicted octanol–water partition coefficient (Wildman–Crippen LogP) is 4.02. The highest BCUT2D eigenvalue weighted by Gasteiger charge is 2.11. The minimum atomic E-state index is 0.564. The number of hydrogen-bond donors (Lipinski definition) is 0. The summed E-state index contributed by atoms with van der Waals surface area (Å²) in [6.45, 7) is 4.08. The maximum Gasteiger partial charge on any atom is 0.258 e. The molecular weight excluding hydrogens is 236 g/mol. The highest BCUT2D eigenvalue weighted by Crippen LogP contribution is 2.24. The van der Waals surface area contributed by atoms with Gasteiger partial charge in [0.05, 0.1) is 0 Å². The molecule has 0 unspecified atom stereocenters. The lowest BCUT2D eigenvalue weighted by Gasteiger charge is -1.98. The van der Waals surface area contributed by atoms with E-state index in [0.717, 1.165) is 16.7 Å². The summed E-state index contributed by atoms with van der Waals surface area (Å²) in [5.41, 5.74) is 4.26. The van der Waals surface area contributed by atoms with Crippen LogP contribution in [0.5, 0.6) is 0 Å². The van der Waals surface area contributed by atoms with Gasteiger partial charge in [-0.15, -0.1) is 0 Å². The number of benzene rings is 2. The van der Waals surface area contributed by atoms with Crippen LogP contribution in [0.1, 0.15) is 11.1 Å². The van der Waals surface area contributed by atoms with Crippen LogP contribution in [0.25, 0.3) is 22.8 Å². The molecule has 2 aromatic carbocycles. The molecule has 0 spiro atoms. The molecule has 0 N–H and O–H groups in total. The molecule has 3 aromatic rings. The van der Waals surface area contributed by atoms with Crippen LogP contribution >= 0.6 is 0 Å². The van der Waals surface area contributed by atoms with Crippen molar-refractivity contribution in [2.45, 2.75) is 13.8 Å². The lowest BCUT2D eigenvalue weighted by atomic mass is 10.1. The summed E-state index contributed by atoms with van der Waals surface area (Å²) >= 11 is 0. The normalized spacial score (nSPS) is 10.6. The third-order valence-electron chi connectivity index (χ3n) is 3.08. The summed E-state index contributed by atoms with van der Waals surface area (Å²) in [7, 11) is 0. The van der Waals surface area contributed by atoms with Crippen LogP contribution in [0.15, 0.2) is 53.1 Å². The Balaban J connectivity index is 2.03. The molecule has 0 radical (unpaired) electrons. The number of nitrogens with zero attached hydrogens (tertiary/aromatic N) is 2. The summed E-state index contributed by atoms with van der Waals surface area (Å²) in [6, 6.07) is 16.1. The molecule has 0 fully saturated rings. The van der Waals surface area contributed by atoms with Gasteiger partial charge in [-0.05, 0) is 31.5 Å². The Labute approximate surface area is 111 Å². The molecule has 94 valence electrons. The standard InChI is InChI=1S/C16H14N2O/c1-11-6-5-8-13(10-11)15-17-16(19-18-15)14-9-4-3-7-12(14)2/h3-10H,1-2H3. The molecular formula is C16H14N2O. The van der Waals surface area contributed by atoms with Crippen LogP contribution in [-0.4, -0.2) is 10.1 Å². The average Bonchev–Trinajstić information content (AvgIpc) is 2.89. The van der Waals surface area contributed by atoms with Crippen molar-refractivity contribution in [3.63, 3.8) is 0 Å². The van der Waals surface area contributed by atoms with Gasteiger partial charge in [0.2, 0.25) is 5.82 Å². The van der Waals surface area contributed by atoms with Crippen LogP contribution in [0, 0.1) is 13.8 Å². The lowest BCUT2D eigenvalue weighted by Crippen LogP contribution is -1.84. The molecule has 0 atom stereocenters. The molecule has 1 aromatic heterocycles. The van der Waals surface area contributed by atoms with Gasteiger partial charge in [-0.25, -0.2) is 0 Å². The van der Waals surface area contributed by atoms with Crippen molar-refractivity contribution < 1.29 is 4.52 Å². The predicted molar refractivity (Wildman–Crippen MR) is 74.6 cm³/mol. The van der Waals surface area contributed by atoms with Crippen molar-refractivity contribution in [1.29, 1.82) is 0 Å². The van der Waals surface area contributed by atoms with Crippen molar-refractivity contribution in [3.05, 3.63) is 59.7 Å². The fourth-order valence-electron chi connectivity index (χ4n) is 2.05. The van der Waals surface area contributed by atoms with Crippen molar-refractivity contribution >= 4 is 0 Å². The second-order valence-electron chi connectivity index (χ2n) is 4.61. The van der Waals surface area contributed by atoms with Gasteiger partial charge in [-0.1, -0.05) is 47.1 Å². The van der Waals surface area contributed by atoms with Crippen LogP contribution < -0.4 is 0 Å². The van der Waals surface area contributed by atoms with Gasteiger partial charge in [0.1, 0.15) is 0 Å². The van der Waals surface area contributed by atoms with Crippen molar-refractivity contribution in [2.75, 3.05) is 0 Å². The minimum absolute atomic E-state index is 0.564. The summed E-state index contributed by atoms with van der Waals surface area (Å²) in [5.74, 6) is 1.19. The SMILES string of the molecule is Cc1cccc(-c2noc(-c3ccccc3C)n2)c1. The first-order valence-corrected chi connectivity index (χ1v) is 6.21. The zero-order valence-electron chi connectivity index (χ0n) is 10.9. The summed E-state index contributed by atoms with van der Waals surface area (Å²) in [4.78, 5) is 4.47. The maximum absolute atomic E-state index is 5.36. The molecule has 0 aliphatic rings. The molecule has 0 saturated heterocycles. The Kier molecular flexibility index (Phi) is 2.88. The molecule has 0 aliphatic heterocycles. The van der Waals surface area contributed by atoms with Gasteiger partial charge < -0.3 is 4.52 Å². The van der Waals surface area contributed by atoms with E-state index in [9.17, 15) is 0 Å². The van der Waals surface area contributed by atoms with Crippen molar-refractivity contribution in [2.24, 2.45) is 0 Å². The monoisotopic (exact) mass is 250 g/mol. The Morgan fingerprint density at radius 1 is 0.947 bits per heavy atom. The maximum atomic E-state index is 5.36. The molecule has 3 rings (SSSR count). The first-order chi connectivity index (χ1) is 9.24. The lowest BCUT2D eigenvalue weighted by molar-refractivity contribution is 0.432. The largest absolute Gasteiger partial charge is 0.334 e. The van der Waals surface area contributed by atoms with Crippen LogP contribution in [0.4, 0.5) is 0 Å². The molecule has 0 bridgehead atoms. The van der Waals surface area contributed by atoms with Crippen LogP contribution in [-0.2, 0) is 0 Å². The van der Waals surface area contributed by atoms with Gasteiger partial charge in [0.25, 0.3) is 5.89 Å². The Morgan fingerprint density at radius 2 is 1.79 bits per heavy atom. The fraction of sp³-hybridized carbons (Fsp3) is 0.125. The number of aromatic nitrogens is 2. The topological polar surface area (TPSA) is 38.9 Å².